The number of hydrogen-bond acceptors (Lipinski definition) is 2. The average molecular weight is 428 g/mol. The molecule has 5 heteroatoms. The molecule has 128 valence electrons. The number of nitrogens with one attached hydrogen (secondary N) is 2. The summed E-state index contributed by atoms with van der Waals surface area (Å²) >= 11 is 0. The topological polar surface area (TPSA) is 39.7 Å². The number of hydrogen-bond donors (Lipinski definition) is 2. The Morgan fingerprint density at radius 2 is 1.78 bits per heavy atom. The lowest BCUT2D eigenvalue weighted by Gasteiger charge is -2.32. The summed E-state index contributed by atoms with van der Waals surface area (Å²) in [5.41, 5.74) is 2.66. The van der Waals surface area contributed by atoms with E-state index in [-0.39, 0.29) is 24.0 Å². The molecule has 2 fully saturated rings. The highest BCUT2D eigenvalue weighted by Crippen LogP contribution is 2.23. The largest absolute Gasteiger partial charge is 0.372 e. The molecule has 1 heterocycles. The molecule has 1 aromatic carbocycles. The SMILES string of the molecule is CN=C(NCc1ccc(N2CCC(C)CC2)cc1)NC1CC1.I. The Morgan fingerprint density at radius 3 is 2.35 bits per heavy atom. The molecule has 0 amide bonds. The molecule has 1 aliphatic carbocycles. The summed E-state index contributed by atoms with van der Waals surface area (Å²) < 4.78 is 0. The maximum Gasteiger partial charge on any atom is 0.191 e. The van der Waals surface area contributed by atoms with Crippen molar-refractivity contribution in [1.82, 2.24) is 10.6 Å². The van der Waals surface area contributed by atoms with Crippen molar-refractivity contribution in [2.24, 2.45) is 10.9 Å². The number of halogens is 1. The Hall–Kier alpha value is -0.980. The van der Waals surface area contributed by atoms with Gasteiger partial charge in [0.25, 0.3) is 0 Å². The highest BCUT2D eigenvalue weighted by molar-refractivity contribution is 14.0. The van der Waals surface area contributed by atoms with E-state index < -0.39 is 0 Å². The van der Waals surface area contributed by atoms with Gasteiger partial charge >= 0.3 is 0 Å². The Kier molecular flexibility index (Phi) is 6.99. The number of aliphatic imine (C=N–C) groups is 1. The number of piperidine rings is 1. The summed E-state index contributed by atoms with van der Waals surface area (Å²) in [6, 6.07) is 9.60. The van der Waals surface area contributed by atoms with E-state index in [9.17, 15) is 0 Å². The second kappa shape index (κ2) is 8.76. The zero-order valence-electron chi connectivity index (χ0n) is 14.2. The molecule has 0 radical (unpaired) electrons. The molecule has 2 N–H and O–H groups in total. The van der Waals surface area contributed by atoms with E-state index in [2.05, 4.69) is 51.7 Å². The van der Waals surface area contributed by atoms with Gasteiger partial charge in [-0.2, -0.15) is 0 Å². The second-order valence-electron chi connectivity index (χ2n) is 6.68. The minimum atomic E-state index is 0. The van der Waals surface area contributed by atoms with Gasteiger partial charge in [-0.05, 0) is 49.3 Å². The summed E-state index contributed by atoms with van der Waals surface area (Å²) in [6.45, 7) is 5.56. The lowest BCUT2D eigenvalue weighted by atomic mass is 9.99. The first-order chi connectivity index (χ1) is 10.7. The van der Waals surface area contributed by atoms with Gasteiger partial charge in [0.2, 0.25) is 0 Å². The summed E-state index contributed by atoms with van der Waals surface area (Å²) in [5.74, 6) is 1.79. The van der Waals surface area contributed by atoms with Crippen LogP contribution in [0.4, 0.5) is 5.69 Å². The smallest absolute Gasteiger partial charge is 0.191 e. The van der Waals surface area contributed by atoms with Crippen LogP contribution in [0.15, 0.2) is 29.3 Å². The van der Waals surface area contributed by atoms with Gasteiger partial charge in [-0.3, -0.25) is 4.99 Å². The van der Waals surface area contributed by atoms with E-state index in [4.69, 9.17) is 0 Å². The zero-order chi connectivity index (χ0) is 15.4. The summed E-state index contributed by atoms with van der Waals surface area (Å²) in [5, 5.41) is 6.80. The number of guanidine groups is 1. The molecule has 0 unspecified atom stereocenters. The fourth-order valence-corrected chi connectivity index (χ4v) is 2.89. The minimum Gasteiger partial charge on any atom is -0.372 e. The van der Waals surface area contributed by atoms with Crippen molar-refractivity contribution in [2.45, 2.75) is 45.2 Å². The molecule has 23 heavy (non-hydrogen) atoms. The normalized spacial score (nSPS) is 19.2. The number of nitrogens with zero attached hydrogens (tertiary/aromatic N) is 2. The highest BCUT2D eigenvalue weighted by Gasteiger charge is 2.22. The minimum absolute atomic E-state index is 0. The van der Waals surface area contributed by atoms with Crippen molar-refractivity contribution in [3.8, 4) is 0 Å². The molecule has 4 nitrogen and oxygen atoms in total. The molecule has 1 saturated heterocycles. The predicted molar refractivity (Wildman–Crippen MR) is 109 cm³/mol. The van der Waals surface area contributed by atoms with Crippen LogP contribution in [0.25, 0.3) is 0 Å². The second-order valence-corrected chi connectivity index (χ2v) is 6.68. The number of benzene rings is 1. The van der Waals surface area contributed by atoms with E-state index in [0.29, 0.717) is 6.04 Å². The Morgan fingerprint density at radius 1 is 1.13 bits per heavy atom. The van der Waals surface area contributed by atoms with Crippen LogP contribution in [0.2, 0.25) is 0 Å². The summed E-state index contributed by atoms with van der Waals surface area (Å²) in [7, 11) is 1.83. The molecule has 3 rings (SSSR count). The summed E-state index contributed by atoms with van der Waals surface area (Å²) in [6.07, 6.45) is 5.16. The third-order valence-corrected chi connectivity index (χ3v) is 4.69. The van der Waals surface area contributed by atoms with Crippen LogP contribution in [-0.2, 0) is 6.54 Å². The van der Waals surface area contributed by atoms with Crippen LogP contribution in [-0.4, -0.2) is 32.1 Å². The quantitative estimate of drug-likeness (QED) is 0.439. The molecule has 1 saturated carbocycles. The average Bonchev–Trinajstić information content (AvgIpc) is 3.37. The molecular formula is C18H29IN4. The van der Waals surface area contributed by atoms with E-state index in [1.54, 1.807) is 0 Å². The van der Waals surface area contributed by atoms with E-state index in [0.717, 1.165) is 18.4 Å². The Balaban J connectivity index is 0.00000192. The zero-order valence-corrected chi connectivity index (χ0v) is 16.5. The van der Waals surface area contributed by atoms with Gasteiger partial charge in [0.15, 0.2) is 5.96 Å². The molecule has 1 aliphatic heterocycles. The Bertz CT molecular complexity index is 502. The van der Waals surface area contributed by atoms with Crippen LogP contribution >= 0.6 is 24.0 Å². The third-order valence-electron chi connectivity index (χ3n) is 4.69. The van der Waals surface area contributed by atoms with Crippen molar-refractivity contribution in [3.63, 3.8) is 0 Å². The van der Waals surface area contributed by atoms with Gasteiger partial charge in [0.05, 0.1) is 0 Å². The van der Waals surface area contributed by atoms with Crippen molar-refractivity contribution in [3.05, 3.63) is 29.8 Å². The Labute approximate surface area is 157 Å². The first-order valence-corrected chi connectivity index (χ1v) is 8.55. The molecular weight excluding hydrogens is 399 g/mol. The fraction of sp³-hybridized carbons (Fsp3) is 0.611. The van der Waals surface area contributed by atoms with Gasteiger partial charge in [0.1, 0.15) is 0 Å². The van der Waals surface area contributed by atoms with Crippen molar-refractivity contribution < 1.29 is 0 Å². The van der Waals surface area contributed by atoms with Crippen LogP contribution in [0, 0.1) is 5.92 Å². The van der Waals surface area contributed by atoms with E-state index >= 15 is 0 Å². The molecule has 0 aromatic heterocycles. The number of rotatable bonds is 4. The first kappa shape index (κ1) is 18.4. The molecule has 1 aromatic rings. The van der Waals surface area contributed by atoms with Crippen LogP contribution in [0.3, 0.4) is 0 Å². The van der Waals surface area contributed by atoms with E-state index in [1.165, 1.54) is 50.0 Å². The van der Waals surface area contributed by atoms with Crippen molar-refractivity contribution in [1.29, 1.82) is 0 Å². The van der Waals surface area contributed by atoms with Crippen molar-refractivity contribution >= 4 is 35.6 Å². The van der Waals surface area contributed by atoms with Gasteiger partial charge in [0, 0.05) is 38.4 Å². The van der Waals surface area contributed by atoms with Gasteiger partial charge in [-0.1, -0.05) is 19.1 Å². The van der Waals surface area contributed by atoms with Crippen LogP contribution in [0.1, 0.15) is 38.2 Å². The highest BCUT2D eigenvalue weighted by atomic mass is 127. The van der Waals surface area contributed by atoms with Crippen molar-refractivity contribution in [2.75, 3.05) is 25.0 Å². The maximum atomic E-state index is 4.27. The molecule has 0 spiro atoms. The lowest BCUT2D eigenvalue weighted by molar-refractivity contribution is 0.438. The van der Waals surface area contributed by atoms with Crippen LogP contribution in [0.5, 0.6) is 0 Å². The molecule has 2 aliphatic rings. The predicted octanol–water partition coefficient (Wildman–Crippen LogP) is 3.37. The molecule has 0 bridgehead atoms. The van der Waals surface area contributed by atoms with Crippen LogP contribution < -0.4 is 15.5 Å². The number of anilines is 1. The maximum absolute atomic E-state index is 4.27. The van der Waals surface area contributed by atoms with E-state index in [1.807, 2.05) is 7.05 Å². The standard InChI is InChI=1S/C18H28N4.HI/c1-14-9-11-22(12-10-14)17-7-3-15(4-8-17)13-20-18(19-2)21-16-5-6-16;/h3-4,7-8,14,16H,5-6,9-13H2,1-2H3,(H2,19,20,21);1H. The van der Waals surface area contributed by atoms with Gasteiger partial charge in [-0.25, -0.2) is 0 Å². The first-order valence-electron chi connectivity index (χ1n) is 8.55. The monoisotopic (exact) mass is 428 g/mol. The molecule has 0 atom stereocenters. The summed E-state index contributed by atoms with van der Waals surface area (Å²) in [4.78, 5) is 6.77. The lowest BCUT2D eigenvalue weighted by Crippen LogP contribution is -2.38. The third kappa shape index (κ3) is 5.55. The van der Waals surface area contributed by atoms with Gasteiger partial charge < -0.3 is 15.5 Å². The fourth-order valence-electron chi connectivity index (χ4n) is 2.89. The van der Waals surface area contributed by atoms with Gasteiger partial charge in [-0.15, -0.1) is 24.0 Å².